The molecule has 7 aromatic rings. The highest BCUT2D eigenvalue weighted by molar-refractivity contribution is 5.89. The number of rotatable bonds is 4. The lowest BCUT2D eigenvalue weighted by molar-refractivity contribution is 0.436. The van der Waals surface area contributed by atoms with Gasteiger partial charge in [-0.1, -0.05) is 152 Å². The van der Waals surface area contributed by atoms with E-state index in [9.17, 15) is 0 Å². The first-order valence-corrected chi connectivity index (χ1v) is 17.3. The second-order valence-corrected chi connectivity index (χ2v) is 13.2. The number of hydrogen-bond acceptors (Lipinski definition) is 3. The summed E-state index contributed by atoms with van der Waals surface area (Å²) in [6.07, 6.45) is 9.46. The van der Waals surface area contributed by atoms with Crippen LogP contribution in [0.4, 0.5) is 0 Å². The molecule has 2 aliphatic carbocycles. The van der Waals surface area contributed by atoms with Crippen molar-refractivity contribution in [2.24, 2.45) is 0 Å². The molecule has 1 atom stereocenters. The molecule has 0 bridgehead atoms. The molecule has 1 spiro atoms. The smallest absolute Gasteiger partial charge is 0.136 e. The van der Waals surface area contributed by atoms with E-state index in [4.69, 9.17) is 14.7 Å². The molecule has 0 saturated heterocycles. The second kappa shape index (κ2) is 11.4. The molecule has 0 radical (unpaired) electrons. The molecule has 0 saturated carbocycles. The predicted molar refractivity (Wildman–Crippen MR) is 201 cm³/mol. The zero-order valence-electron chi connectivity index (χ0n) is 27.3. The maximum absolute atomic E-state index is 6.79. The van der Waals surface area contributed by atoms with E-state index in [2.05, 4.69) is 170 Å². The van der Waals surface area contributed by atoms with E-state index >= 15 is 0 Å². The average Bonchev–Trinajstić information content (AvgIpc) is 3.49. The van der Waals surface area contributed by atoms with Crippen LogP contribution in [-0.2, 0) is 5.41 Å². The van der Waals surface area contributed by atoms with Gasteiger partial charge in [0.25, 0.3) is 0 Å². The van der Waals surface area contributed by atoms with Crippen LogP contribution >= 0.6 is 0 Å². The average molecular weight is 641 g/mol. The van der Waals surface area contributed by atoms with Crippen molar-refractivity contribution in [1.82, 2.24) is 9.97 Å². The van der Waals surface area contributed by atoms with Gasteiger partial charge in [0.1, 0.15) is 17.3 Å². The van der Waals surface area contributed by atoms with E-state index in [0.717, 1.165) is 62.9 Å². The molecular formula is C47H32N2O. The topological polar surface area (TPSA) is 35.0 Å². The van der Waals surface area contributed by atoms with Crippen LogP contribution in [0.5, 0.6) is 11.5 Å². The summed E-state index contributed by atoms with van der Waals surface area (Å²) in [4.78, 5) is 10.2. The van der Waals surface area contributed by atoms with Gasteiger partial charge in [-0.05, 0) is 64.1 Å². The van der Waals surface area contributed by atoms with Gasteiger partial charge in [0.05, 0.1) is 16.8 Å². The highest BCUT2D eigenvalue weighted by Gasteiger charge is 2.50. The lowest BCUT2D eigenvalue weighted by atomic mass is 9.66. The Morgan fingerprint density at radius 2 is 1.10 bits per heavy atom. The Labute approximate surface area is 291 Å². The minimum atomic E-state index is -0.467. The Bertz CT molecular complexity index is 2460. The number of allylic oxidation sites excluding steroid dienone is 4. The van der Waals surface area contributed by atoms with Gasteiger partial charge < -0.3 is 4.74 Å². The number of fused-ring (bicyclic) bond motifs is 9. The Morgan fingerprint density at radius 3 is 1.86 bits per heavy atom. The van der Waals surface area contributed by atoms with Crippen LogP contribution in [-0.4, -0.2) is 9.97 Å². The molecule has 0 fully saturated rings. The number of aromatic nitrogens is 2. The third-order valence-corrected chi connectivity index (χ3v) is 10.5. The number of para-hydroxylation sites is 1. The fraction of sp³-hybridized carbons (Fsp3) is 0.0638. The molecule has 50 heavy (non-hydrogen) atoms. The summed E-state index contributed by atoms with van der Waals surface area (Å²) in [5.74, 6) is 2.76. The third kappa shape index (κ3) is 4.37. The quantitative estimate of drug-likeness (QED) is 0.192. The maximum atomic E-state index is 6.79. The van der Waals surface area contributed by atoms with Gasteiger partial charge in [-0.25, -0.2) is 9.97 Å². The standard InChI is InChI=1S/C47H32N2O/c1-3-14-31(15-4-1)42-30-43(49-46(48-42)32-16-5-2-6-17-32)35-19-13-18-33(28-35)34-26-27-41-45(29-34)50-44-25-12-11-24-40(44)47(41)38-22-9-7-20-36(38)37-21-8-10-23-39(37)47/h1-16,18-30,32H,17H2. The molecule has 2 heterocycles. The SMILES string of the molecule is C1=CCC(c2nc(-c3ccccc3)cc(-c3cccc(-c4ccc5c(c4)Oc4ccccc4C54c5ccccc5-c5ccccc54)c3)n2)C=C1. The summed E-state index contributed by atoms with van der Waals surface area (Å²) < 4.78 is 6.79. The highest BCUT2D eigenvalue weighted by atomic mass is 16.5. The van der Waals surface area contributed by atoms with Crippen molar-refractivity contribution in [3.05, 3.63) is 204 Å². The first kappa shape index (κ1) is 28.7. The van der Waals surface area contributed by atoms with E-state index in [0.29, 0.717) is 0 Å². The van der Waals surface area contributed by atoms with Crippen molar-refractivity contribution >= 4 is 0 Å². The monoisotopic (exact) mass is 640 g/mol. The molecule has 1 unspecified atom stereocenters. The molecule has 1 aliphatic heterocycles. The van der Waals surface area contributed by atoms with E-state index < -0.39 is 5.41 Å². The molecule has 6 aromatic carbocycles. The number of nitrogens with zero attached hydrogens (tertiary/aromatic N) is 2. The first-order chi connectivity index (χ1) is 24.8. The number of benzene rings is 6. The van der Waals surface area contributed by atoms with Gasteiger partial charge in [0.2, 0.25) is 0 Å². The zero-order valence-corrected chi connectivity index (χ0v) is 27.3. The molecule has 3 aliphatic rings. The van der Waals surface area contributed by atoms with Crippen LogP contribution < -0.4 is 4.74 Å². The molecule has 0 amide bonds. The van der Waals surface area contributed by atoms with Crippen LogP contribution in [0.1, 0.15) is 40.4 Å². The van der Waals surface area contributed by atoms with Crippen LogP contribution in [0.3, 0.4) is 0 Å². The summed E-state index contributed by atoms with van der Waals surface area (Å²) in [5.41, 5.74) is 13.2. The molecule has 3 heteroatoms. The van der Waals surface area contributed by atoms with Crippen LogP contribution in [0.25, 0.3) is 44.8 Å². The molecular weight excluding hydrogens is 609 g/mol. The summed E-state index contributed by atoms with van der Waals surface area (Å²) >= 11 is 0. The second-order valence-electron chi connectivity index (χ2n) is 13.2. The predicted octanol–water partition coefficient (Wildman–Crippen LogP) is 11.5. The van der Waals surface area contributed by atoms with Gasteiger partial charge in [0, 0.05) is 28.2 Å². The highest BCUT2D eigenvalue weighted by Crippen LogP contribution is 2.62. The molecule has 10 rings (SSSR count). The molecule has 1 aromatic heterocycles. The fourth-order valence-corrected chi connectivity index (χ4v) is 8.21. The summed E-state index contributed by atoms with van der Waals surface area (Å²) in [7, 11) is 0. The van der Waals surface area contributed by atoms with E-state index in [1.165, 1.54) is 27.8 Å². The van der Waals surface area contributed by atoms with Gasteiger partial charge in [-0.15, -0.1) is 0 Å². The van der Waals surface area contributed by atoms with Crippen molar-refractivity contribution in [2.45, 2.75) is 17.8 Å². The van der Waals surface area contributed by atoms with Crippen molar-refractivity contribution in [2.75, 3.05) is 0 Å². The Hall–Kier alpha value is -6.32. The van der Waals surface area contributed by atoms with E-state index in [1.807, 2.05) is 6.07 Å². The third-order valence-electron chi connectivity index (χ3n) is 10.5. The van der Waals surface area contributed by atoms with Gasteiger partial charge in [0.15, 0.2) is 0 Å². The number of hydrogen-bond donors (Lipinski definition) is 0. The van der Waals surface area contributed by atoms with Crippen molar-refractivity contribution in [3.8, 4) is 56.3 Å². The van der Waals surface area contributed by atoms with Gasteiger partial charge >= 0.3 is 0 Å². The Kier molecular flexibility index (Phi) is 6.53. The molecule has 3 nitrogen and oxygen atoms in total. The Morgan fingerprint density at radius 1 is 0.480 bits per heavy atom. The van der Waals surface area contributed by atoms with Crippen molar-refractivity contribution < 1.29 is 4.74 Å². The van der Waals surface area contributed by atoms with Crippen molar-refractivity contribution in [1.29, 1.82) is 0 Å². The van der Waals surface area contributed by atoms with Crippen LogP contribution in [0.15, 0.2) is 176 Å². The normalized spacial score (nSPS) is 15.9. The maximum Gasteiger partial charge on any atom is 0.136 e. The van der Waals surface area contributed by atoms with Gasteiger partial charge in [-0.3, -0.25) is 0 Å². The van der Waals surface area contributed by atoms with Crippen LogP contribution in [0.2, 0.25) is 0 Å². The largest absolute Gasteiger partial charge is 0.457 e. The number of ether oxygens (including phenoxy) is 1. The molecule has 0 N–H and O–H groups in total. The lowest BCUT2D eigenvalue weighted by Gasteiger charge is -2.39. The van der Waals surface area contributed by atoms with E-state index in [-0.39, 0.29) is 5.92 Å². The minimum Gasteiger partial charge on any atom is -0.457 e. The summed E-state index contributed by atoms with van der Waals surface area (Å²) in [5, 5.41) is 0. The van der Waals surface area contributed by atoms with Crippen LogP contribution in [0, 0.1) is 0 Å². The summed E-state index contributed by atoms with van der Waals surface area (Å²) in [6.45, 7) is 0. The summed E-state index contributed by atoms with van der Waals surface area (Å²) in [6, 6.07) is 54.2. The lowest BCUT2D eigenvalue weighted by Crippen LogP contribution is -2.32. The van der Waals surface area contributed by atoms with Crippen molar-refractivity contribution in [3.63, 3.8) is 0 Å². The minimum absolute atomic E-state index is 0.143. The first-order valence-electron chi connectivity index (χ1n) is 17.3. The zero-order chi connectivity index (χ0) is 33.1. The van der Waals surface area contributed by atoms with E-state index in [1.54, 1.807) is 0 Å². The Balaban J connectivity index is 1.11. The van der Waals surface area contributed by atoms with Gasteiger partial charge in [-0.2, -0.15) is 0 Å². The molecule has 236 valence electrons. The fourth-order valence-electron chi connectivity index (χ4n) is 8.21.